The molecule has 0 fully saturated rings. The van der Waals surface area contributed by atoms with Crippen LogP contribution in [0.1, 0.15) is 12.5 Å². The third kappa shape index (κ3) is 4.52. The van der Waals surface area contributed by atoms with E-state index in [0.717, 1.165) is 5.56 Å². The van der Waals surface area contributed by atoms with E-state index in [4.69, 9.17) is 33.9 Å². The van der Waals surface area contributed by atoms with Gasteiger partial charge >= 0.3 is 0 Å². The minimum absolute atomic E-state index is 0.0781. The molecule has 2 rings (SSSR count). The Hall–Kier alpha value is -2.46. The van der Waals surface area contributed by atoms with Crippen LogP contribution in [0.4, 0.5) is 0 Å². The molecule has 1 aromatic carbocycles. The molecule has 0 aliphatic rings. The van der Waals surface area contributed by atoms with Crippen LogP contribution >= 0.6 is 24.4 Å². The zero-order valence-corrected chi connectivity index (χ0v) is 14.8. The quantitative estimate of drug-likeness (QED) is 0.514. The molecule has 0 atom stereocenters. The van der Waals surface area contributed by atoms with E-state index < -0.39 is 0 Å². The molecule has 0 radical (unpaired) electrons. The van der Waals surface area contributed by atoms with Gasteiger partial charge in [-0.2, -0.15) is 9.78 Å². The maximum Gasteiger partial charge on any atom is 0.257 e. The summed E-state index contributed by atoms with van der Waals surface area (Å²) < 4.78 is 12.9. The van der Waals surface area contributed by atoms with Gasteiger partial charge in [-0.15, -0.1) is 0 Å². The first kappa shape index (κ1) is 17.9. The summed E-state index contributed by atoms with van der Waals surface area (Å²) in [5, 5.41) is 12.2. The maximum atomic E-state index is 11.5. The summed E-state index contributed by atoms with van der Waals surface area (Å²) in [5.74, 6) is 0.767. The molecule has 8 nitrogen and oxygen atoms in total. The monoisotopic (exact) mass is 367 g/mol. The second-order valence-electron chi connectivity index (χ2n) is 4.57. The number of rotatable bonds is 7. The molecule has 0 spiro atoms. The highest BCUT2D eigenvalue weighted by atomic mass is 32.1. The van der Waals surface area contributed by atoms with Crippen molar-refractivity contribution in [3.8, 4) is 11.5 Å². The summed E-state index contributed by atoms with van der Waals surface area (Å²) in [7, 11) is 1.52. The normalized spacial score (nSPS) is 10.8. The number of ether oxygens (including phenoxy) is 2. The van der Waals surface area contributed by atoms with Gasteiger partial charge < -0.3 is 14.8 Å². The smallest absolute Gasteiger partial charge is 0.257 e. The number of hydrogen-bond acceptors (Lipinski definition) is 6. The van der Waals surface area contributed by atoms with Gasteiger partial charge in [0.1, 0.15) is 0 Å². The minimum Gasteiger partial charge on any atom is -0.493 e. The molecule has 0 bridgehead atoms. The number of aromatic nitrogens is 3. The van der Waals surface area contributed by atoms with Gasteiger partial charge in [0, 0.05) is 6.54 Å². The van der Waals surface area contributed by atoms with Gasteiger partial charge in [0.05, 0.1) is 13.3 Å². The van der Waals surface area contributed by atoms with Gasteiger partial charge in [0.25, 0.3) is 5.91 Å². The third-order valence-corrected chi connectivity index (χ3v) is 3.45. The average Bonchev–Trinajstić information content (AvgIpc) is 2.90. The first-order valence-corrected chi connectivity index (χ1v) is 7.88. The summed E-state index contributed by atoms with van der Waals surface area (Å²) in [6.07, 6.45) is 1.59. The van der Waals surface area contributed by atoms with E-state index in [1.54, 1.807) is 24.4 Å². The topological polar surface area (TPSA) is 96.4 Å². The molecule has 0 unspecified atom stereocenters. The Morgan fingerprint density at radius 3 is 2.67 bits per heavy atom. The molecule has 0 saturated carbocycles. The van der Waals surface area contributed by atoms with Gasteiger partial charge in [-0.25, -0.2) is 0 Å². The van der Waals surface area contributed by atoms with Gasteiger partial charge in [0.15, 0.2) is 18.1 Å². The number of methoxy groups -OCH3 is 1. The Morgan fingerprint density at radius 2 is 2.04 bits per heavy atom. The van der Waals surface area contributed by atoms with Crippen LogP contribution in [0.25, 0.3) is 0 Å². The second-order valence-corrected chi connectivity index (χ2v) is 5.34. The van der Waals surface area contributed by atoms with Crippen molar-refractivity contribution in [1.82, 2.24) is 20.2 Å². The second kappa shape index (κ2) is 8.41. The van der Waals surface area contributed by atoms with Crippen LogP contribution in [-0.2, 0) is 4.79 Å². The molecule has 0 aliphatic carbocycles. The van der Waals surface area contributed by atoms with E-state index in [9.17, 15) is 4.79 Å². The number of nitrogens with one attached hydrogen (secondary N) is 3. The number of aromatic amines is 2. The summed E-state index contributed by atoms with van der Waals surface area (Å²) in [6, 6.07) is 5.22. The number of nitrogens with zero attached hydrogens (tertiary/aromatic N) is 2. The minimum atomic E-state index is -0.193. The molecule has 1 aromatic heterocycles. The maximum absolute atomic E-state index is 11.5. The van der Waals surface area contributed by atoms with Crippen molar-refractivity contribution in [2.45, 2.75) is 6.92 Å². The van der Waals surface area contributed by atoms with Crippen LogP contribution in [0.5, 0.6) is 11.5 Å². The zero-order chi connectivity index (χ0) is 17.5. The number of carbonyl (C=O) groups excluding carboxylic acids is 1. The van der Waals surface area contributed by atoms with Crippen molar-refractivity contribution in [1.29, 1.82) is 0 Å². The first-order valence-electron chi connectivity index (χ1n) is 7.06. The predicted octanol–water partition coefficient (Wildman–Crippen LogP) is 2.01. The molecule has 128 valence electrons. The molecule has 0 aliphatic heterocycles. The lowest BCUT2D eigenvalue weighted by molar-refractivity contribution is -0.123. The Bertz CT molecular complexity index is 825. The molecule has 1 amide bonds. The summed E-state index contributed by atoms with van der Waals surface area (Å²) in [4.78, 5) is 11.5. The Kier molecular flexibility index (Phi) is 6.27. The van der Waals surface area contributed by atoms with Crippen molar-refractivity contribution < 1.29 is 14.3 Å². The predicted molar refractivity (Wildman–Crippen MR) is 95.0 cm³/mol. The highest BCUT2D eigenvalue weighted by Gasteiger charge is 2.07. The van der Waals surface area contributed by atoms with Crippen LogP contribution in [0.3, 0.4) is 0 Å². The van der Waals surface area contributed by atoms with E-state index >= 15 is 0 Å². The highest BCUT2D eigenvalue weighted by molar-refractivity contribution is 7.72. The molecular formula is C14H17N5O3S2. The fourth-order valence-electron chi connectivity index (χ4n) is 1.81. The van der Waals surface area contributed by atoms with E-state index in [0.29, 0.717) is 27.6 Å². The fourth-order valence-corrected chi connectivity index (χ4v) is 2.25. The Labute approximate surface area is 148 Å². The Morgan fingerprint density at radius 1 is 1.33 bits per heavy atom. The molecule has 2 aromatic rings. The molecular weight excluding hydrogens is 350 g/mol. The number of amides is 1. The number of carbonyl (C=O) groups is 1. The van der Waals surface area contributed by atoms with Gasteiger partial charge in [-0.3, -0.25) is 15.0 Å². The Balaban J connectivity index is 2.15. The lowest BCUT2D eigenvalue weighted by atomic mass is 10.2. The van der Waals surface area contributed by atoms with Crippen molar-refractivity contribution in [3.05, 3.63) is 33.3 Å². The highest BCUT2D eigenvalue weighted by Crippen LogP contribution is 2.27. The van der Waals surface area contributed by atoms with Crippen LogP contribution < -0.4 is 14.8 Å². The largest absolute Gasteiger partial charge is 0.493 e. The number of likely N-dealkylation sites (N-methyl/N-ethyl adjacent to an activating group) is 1. The summed E-state index contributed by atoms with van der Waals surface area (Å²) in [6.45, 7) is 2.32. The molecule has 24 heavy (non-hydrogen) atoms. The van der Waals surface area contributed by atoms with Crippen molar-refractivity contribution in [2.24, 2.45) is 5.10 Å². The molecule has 3 N–H and O–H groups in total. The SMILES string of the molecule is CCNC(=O)COc1ccc(/C=N\n2c(=S)[nH][nH]c2=S)cc1OC. The van der Waals surface area contributed by atoms with Crippen LogP contribution in [0.2, 0.25) is 0 Å². The first-order chi connectivity index (χ1) is 11.5. The summed E-state index contributed by atoms with van der Waals surface area (Å²) in [5.41, 5.74) is 0.759. The fraction of sp³-hybridized carbons (Fsp3) is 0.286. The van der Waals surface area contributed by atoms with Crippen molar-refractivity contribution >= 4 is 36.6 Å². The lowest BCUT2D eigenvalue weighted by Gasteiger charge is -2.11. The van der Waals surface area contributed by atoms with Crippen molar-refractivity contribution in [2.75, 3.05) is 20.3 Å². The molecule has 10 heteroatoms. The van der Waals surface area contributed by atoms with Gasteiger partial charge in [-0.1, -0.05) is 0 Å². The van der Waals surface area contributed by atoms with Crippen LogP contribution in [0, 0.1) is 9.54 Å². The standard InChI is InChI=1S/C14H17N5O3S2/c1-3-15-12(20)8-22-10-5-4-9(6-11(10)21-2)7-16-19-13(23)17-18-14(19)24/h4-7H,3,8H2,1-2H3,(H,15,20)(H,17,23)(H,18,24)/b16-7-. The van der Waals surface area contributed by atoms with Crippen LogP contribution in [-0.4, -0.2) is 47.3 Å². The molecule has 1 heterocycles. The van der Waals surface area contributed by atoms with Gasteiger partial charge in [0.2, 0.25) is 9.54 Å². The number of H-pyrrole nitrogens is 2. The summed E-state index contributed by atoms with van der Waals surface area (Å²) >= 11 is 10.1. The number of hydrogen-bond donors (Lipinski definition) is 3. The lowest BCUT2D eigenvalue weighted by Crippen LogP contribution is -2.28. The van der Waals surface area contributed by atoms with Crippen molar-refractivity contribution in [3.63, 3.8) is 0 Å². The van der Waals surface area contributed by atoms with Gasteiger partial charge in [-0.05, 0) is 55.1 Å². The van der Waals surface area contributed by atoms with Crippen LogP contribution in [0.15, 0.2) is 23.3 Å². The van der Waals surface area contributed by atoms with E-state index in [2.05, 4.69) is 20.6 Å². The molecule has 0 saturated heterocycles. The van der Waals surface area contributed by atoms with E-state index in [1.807, 2.05) is 6.92 Å². The zero-order valence-electron chi connectivity index (χ0n) is 13.2. The van der Waals surface area contributed by atoms with E-state index in [1.165, 1.54) is 11.8 Å². The van der Waals surface area contributed by atoms with E-state index in [-0.39, 0.29) is 12.5 Å². The average molecular weight is 367 g/mol. The third-order valence-electron chi connectivity index (χ3n) is 2.90. The number of benzene rings is 1.